The van der Waals surface area contributed by atoms with Crippen LogP contribution < -0.4 is 5.32 Å². The minimum atomic E-state index is -0.235. The zero-order chi connectivity index (χ0) is 20.5. The van der Waals surface area contributed by atoms with Gasteiger partial charge in [0.2, 0.25) is 0 Å². The lowest BCUT2D eigenvalue weighted by atomic mass is 10.1. The molecule has 5 heteroatoms. The number of nitrogens with zero attached hydrogens (tertiary/aromatic N) is 3. The number of benzene rings is 2. The van der Waals surface area contributed by atoms with E-state index in [0.29, 0.717) is 16.9 Å². The SMILES string of the molecule is C=C/C(=C\C=C(/C)N=C)NC(=O)c1ccc(N=Nc2ccc(C)cc2C)cc1. The predicted octanol–water partition coefficient (Wildman–Crippen LogP) is 6.12. The summed E-state index contributed by atoms with van der Waals surface area (Å²) >= 11 is 0. The first kappa shape index (κ1) is 20.7. The summed E-state index contributed by atoms with van der Waals surface area (Å²) in [5, 5.41) is 11.3. The van der Waals surface area contributed by atoms with Gasteiger partial charge in [-0.2, -0.15) is 10.2 Å². The van der Waals surface area contributed by atoms with Crippen LogP contribution in [0.5, 0.6) is 0 Å². The lowest BCUT2D eigenvalue weighted by molar-refractivity contribution is 0.0967. The quantitative estimate of drug-likeness (QED) is 0.355. The summed E-state index contributed by atoms with van der Waals surface area (Å²) in [6, 6.07) is 12.9. The molecule has 0 spiro atoms. The lowest BCUT2D eigenvalue weighted by Crippen LogP contribution is -2.21. The molecule has 0 saturated carbocycles. The van der Waals surface area contributed by atoms with E-state index in [1.165, 1.54) is 5.56 Å². The Balaban J connectivity index is 2.08. The standard InChI is InChI=1S/C23H24N4O/c1-6-20(11-8-18(4)24-5)25-23(28)19-9-12-21(13-10-19)26-27-22-14-7-16(2)15-17(22)3/h6-15H,1,5H2,2-4H3,(H,25,28)/b18-8+,20-11+,27-26?. The second-order valence-corrected chi connectivity index (χ2v) is 6.28. The van der Waals surface area contributed by atoms with E-state index in [1.807, 2.05) is 32.9 Å². The number of aryl methyl sites for hydroxylation is 2. The van der Waals surface area contributed by atoms with Crippen molar-refractivity contribution in [3.05, 3.63) is 95.4 Å². The van der Waals surface area contributed by atoms with E-state index < -0.39 is 0 Å². The summed E-state index contributed by atoms with van der Waals surface area (Å²) < 4.78 is 0. The molecule has 0 fully saturated rings. The first-order valence-electron chi connectivity index (χ1n) is 8.81. The van der Waals surface area contributed by atoms with Crippen molar-refractivity contribution in [1.82, 2.24) is 5.32 Å². The first-order valence-corrected chi connectivity index (χ1v) is 8.81. The number of azo groups is 1. The van der Waals surface area contributed by atoms with Crippen LogP contribution in [-0.4, -0.2) is 12.6 Å². The van der Waals surface area contributed by atoms with Crippen molar-refractivity contribution >= 4 is 24.0 Å². The summed E-state index contributed by atoms with van der Waals surface area (Å²) in [6.45, 7) is 13.0. The van der Waals surface area contributed by atoms with Crippen LogP contribution in [0.1, 0.15) is 28.4 Å². The molecule has 0 aliphatic carbocycles. The van der Waals surface area contributed by atoms with Crippen LogP contribution in [0.15, 0.2) is 93.9 Å². The molecule has 0 saturated heterocycles. The number of hydrogen-bond acceptors (Lipinski definition) is 4. The normalized spacial score (nSPS) is 12.1. The van der Waals surface area contributed by atoms with E-state index in [9.17, 15) is 4.79 Å². The molecule has 5 nitrogen and oxygen atoms in total. The Morgan fingerprint density at radius 3 is 2.36 bits per heavy atom. The fraction of sp³-hybridized carbons (Fsp3) is 0.130. The van der Waals surface area contributed by atoms with Crippen LogP contribution in [0.25, 0.3) is 0 Å². The highest BCUT2D eigenvalue weighted by Crippen LogP contribution is 2.23. The van der Waals surface area contributed by atoms with Crippen LogP contribution >= 0.6 is 0 Å². The van der Waals surface area contributed by atoms with Crippen LogP contribution in [0.3, 0.4) is 0 Å². The number of aliphatic imine (C=N–C) groups is 1. The number of amides is 1. The van der Waals surface area contributed by atoms with Crippen molar-refractivity contribution in [3.8, 4) is 0 Å². The molecular weight excluding hydrogens is 348 g/mol. The molecule has 2 aromatic rings. The van der Waals surface area contributed by atoms with Crippen molar-refractivity contribution in [2.75, 3.05) is 0 Å². The minimum Gasteiger partial charge on any atom is -0.322 e. The van der Waals surface area contributed by atoms with E-state index in [0.717, 1.165) is 16.9 Å². The van der Waals surface area contributed by atoms with Crippen LogP contribution in [0.2, 0.25) is 0 Å². The second-order valence-electron chi connectivity index (χ2n) is 6.28. The maximum Gasteiger partial charge on any atom is 0.255 e. The van der Waals surface area contributed by atoms with Gasteiger partial charge in [-0.1, -0.05) is 24.3 Å². The molecule has 0 heterocycles. The van der Waals surface area contributed by atoms with E-state index in [1.54, 1.807) is 42.5 Å². The topological polar surface area (TPSA) is 66.2 Å². The van der Waals surface area contributed by atoms with E-state index in [4.69, 9.17) is 0 Å². The third-order valence-electron chi connectivity index (χ3n) is 3.99. The second kappa shape index (κ2) is 9.92. The minimum absolute atomic E-state index is 0.235. The number of allylic oxidation sites excluding steroid dienone is 4. The largest absolute Gasteiger partial charge is 0.322 e. The zero-order valence-electron chi connectivity index (χ0n) is 16.4. The van der Waals surface area contributed by atoms with Gasteiger partial charge in [0.15, 0.2) is 0 Å². The highest BCUT2D eigenvalue weighted by atomic mass is 16.1. The molecule has 0 aliphatic heterocycles. The highest BCUT2D eigenvalue weighted by Gasteiger charge is 2.06. The van der Waals surface area contributed by atoms with E-state index >= 15 is 0 Å². The number of carbonyl (C=O) groups is 1. The Labute approximate surface area is 165 Å². The fourth-order valence-corrected chi connectivity index (χ4v) is 2.34. The van der Waals surface area contributed by atoms with Crippen LogP contribution in [0.4, 0.5) is 11.4 Å². The molecule has 2 rings (SSSR count). The number of nitrogens with one attached hydrogen (secondary N) is 1. The molecule has 1 N–H and O–H groups in total. The lowest BCUT2D eigenvalue weighted by Gasteiger charge is -2.06. The Morgan fingerprint density at radius 1 is 1.04 bits per heavy atom. The Morgan fingerprint density at radius 2 is 1.75 bits per heavy atom. The van der Waals surface area contributed by atoms with Gasteiger partial charge in [0.05, 0.1) is 11.4 Å². The molecule has 28 heavy (non-hydrogen) atoms. The van der Waals surface area contributed by atoms with Gasteiger partial charge >= 0.3 is 0 Å². The molecule has 0 radical (unpaired) electrons. The predicted molar refractivity (Wildman–Crippen MR) is 116 cm³/mol. The number of carbonyl (C=O) groups excluding carboxylic acids is 1. The molecule has 0 bridgehead atoms. The first-order chi connectivity index (χ1) is 13.4. The van der Waals surface area contributed by atoms with Crippen molar-refractivity contribution in [2.24, 2.45) is 15.2 Å². The van der Waals surface area contributed by atoms with Gasteiger partial charge in [0.25, 0.3) is 5.91 Å². The van der Waals surface area contributed by atoms with Gasteiger partial charge in [-0.25, -0.2) is 0 Å². The Hall–Kier alpha value is -3.60. The Kier molecular flexibility index (Phi) is 7.34. The van der Waals surface area contributed by atoms with Gasteiger partial charge in [-0.3, -0.25) is 9.79 Å². The van der Waals surface area contributed by atoms with Gasteiger partial charge < -0.3 is 5.32 Å². The molecule has 0 unspecified atom stereocenters. The van der Waals surface area contributed by atoms with Crippen LogP contribution in [-0.2, 0) is 0 Å². The van der Waals surface area contributed by atoms with Crippen molar-refractivity contribution in [3.63, 3.8) is 0 Å². The average Bonchev–Trinajstić information content (AvgIpc) is 2.70. The van der Waals surface area contributed by atoms with Crippen molar-refractivity contribution in [1.29, 1.82) is 0 Å². The van der Waals surface area contributed by atoms with Gasteiger partial charge in [0, 0.05) is 17.0 Å². The number of hydrogen-bond donors (Lipinski definition) is 1. The van der Waals surface area contributed by atoms with Crippen LogP contribution in [0, 0.1) is 13.8 Å². The molecular formula is C23H24N4O. The summed E-state index contributed by atoms with van der Waals surface area (Å²) in [5.74, 6) is -0.235. The number of rotatable bonds is 7. The summed E-state index contributed by atoms with van der Waals surface area (Å²) in [5.41, 5.74) is 5.59. The molecule has 0 aliphatic rings. The molecule has 2 aromatic carbocycles. The smallest absolute Gasteiger partial charge is 0.255 e. The summed E-state index contributed by atoms with van der Waals surface area (Å²) in [4.78, 5) is 16.2. The van der Waals surface area contributed by atoms with Crippen molar-refractivity contribution in [2.45, 2.75) is 20.8 Å². The monoisotopic (exact) mass is 372 g/mol. The molecule has 1 amide bonds. The highest BCUT2D eigenvalue weighted by molar-refractivity contribution is 5.95. The van der Waals surface area contributed by atoms with Gasteiger partial charge in [-0.15, -0.1) is 0 Å². The van der Waals surface area contributed by atoms with E-state index in [2.05, 4.69) is 39.9 Å². The fourth-order valence-electron chi connectivity index (χ4n) is 2.34. The average molecular weight is 372 g/mol. The summed E-state index contributed by atoms with van der Waals surface area (Å²) in [6.07, 6.45) is 5.04. The third-order valence-corrected chi connectivity index (χ3v) is 3.99. The summed E-state index contributed by atoms with van der Waals surface area (Å²) in [7, 11) is 0. The molecule has 0 aromatic heterocycles. The van der Waals surface area contributed by atoms with Gasteiger partial charge in [0.1, 0.15) is 0 Å². The maximum atomic E-state index is 12.4. The maximum absolute atomic E-state index is 12.4. The Bertz CT molecular complexity index is 967. The molecule has 142 valence electrons. The van der Waals surface area contributed by atoms with Gasteiger partial charge in [-0.05, 0) is 81.6 Å². The van der Waals surface area contributed by atoms with Crippen molar-refractivity contribution < 1.29 is 4.79 Å². The zero-order valence-corrected chi connectivity index (χ0v) is 16.4. The third kappa shape index (κ3) is 5.99. The molecule has 0 atom stereocenters. The van der Waals surface area contributed by atoms with E-state index in [-0.39, 0.29) is 5.91 Å².